The van der Waals surface area contributed by atoms with Crippen molar-refractivity contribution in [2.45, 2.75) is 0 Å². The molecule has 0 saturated carbocycles. The lowest BCUT2D eigenvalue weighted by molar-refractivity contribution is 1.30. The van der Waals surface area contributed by atoms with Crippen LogP contribution in [-0.4, -0.2) is 0 Å². The molecule has 0 N–H and O–H groups in total. The van der Waals surface area contributed by atoms with Gasteiger partial charge in [-0.1, -0.05) is 158 Å². The van der Waals surface area contributed by atoms with Crippen LogP contribution in [-0.2, 0) is 0 Å². The van der Waals surface area contributed by atoms with Crippen LogP contribution in [0.1, 0.15) is 0 Å². The summed E-state index contributed by atoms with van der Waals surface area (Å²) in [6.45, 7) is 0. The van der Waals surface area contributed by atoms with Gasteiger partial charge in [-0.15, -0.1) is 11.3 Å². The summed E-state index contributed by atoms with van der Waals surface area (Å²) < 4.78 is 2.59. The lowest BCUT2D eigenvalue weighted by Gasteiger charge is -2.26. The summed E-state index contributed by atoms with van der Waals surface area (Å²) in [5.41, 5.74) is 8.34. The molecule has 0 saturated heterocycles. The van der Waals surface area contributed by atoms with Crippen molar-refractivity contribution in [3.05, 3.63) is 200 Å². The van der Waals surface area contributed by atoms with Crippen LogP contribution in [0.15, 0.2) is 200 Å². The second kappa shape index (κ2) is 12.4. The number of fused-ring (bicyclic) bond motifs is 9. The highest BCUT2D eigenvalue weighted by molar-refractivity contribution is 7.26. The van der Waals surface area contributed by atoms with Crippen LogP contribution in [0.5, 0.6) is 0 Å². The highest BCUT2D eigenvalue weighted by Gasteiger charge is 2.19. The van der Waals surface area contributed by atoms with E-state index in [2.05, 4.69) is 205 Å². The van der Waals surface area contributed by atoms with Crippen molar-refractivity contribution < 1.29 is 0 Å². The van der Waals surface area contributed by atoms with Gasteiger partial charge in [0.25, 0.3) is 0 Å². The minimum atomic E-state index is 1.12. The number of nitrogens with zero attached hydrogens (tertiary/aromatic N) is 1. The van der Waals surface area contributed by atoms with Crippen molar-refractivity contribution in [3.63, 3.8) is 0 Å². The number of anilines is 3. The average Bonchev–Trinajstić information content (AvgIpc) is 3.63. The Balaban J connectivity index is 1.08. The van der Waals surface area contributed by atoms with E-state index in [0.29, 0.717) is 0 Å². The number of thiophene rings is 1. The zero-order valence-electron chi connectivity index (χ0n) is 29.4. The van der Waals surface area contributed by atoms with Crippen LogP contribution in [0.3, 0.4) is 0 Å². The second-order valence-corrected chi connectivity index (χ2v) is 15.1. The van der Waals surface area contributed by atoms with Crippen LogP contribution in [0.4, 0.5) is 17.1 Å². The molecule has 0 aliphatic heterocycles. The van der Waals surface area contributed by atoms with E-state index in [0.717, 1.165) is 11.4 Å². The number of benzene rings is 10. The van der Waals surface area contributed by atoms with Gasteiger partial charge in [-0.05, 0) is 108 Å². The van der Waals surface area contributed by atoms with Gasteiger partial charge in [-0.3, -0.25) is 0 Å². The van der Waals surface area contributed by atoms with E-state index in [9.17, 15) is 0 Å². The zero-order valence-corrected chi connectivity index (χ0v) is 30.2. The molecule has 0 radical (unpaired) electrons. The molecule has 0 spiro atoms. The molecule has 0 bridgehead atoms. The maximum Gasteiger partial charge on any atom is 0.0640 e. The lowest BCUT2D eigenvalue weighted by atomic mass is 9.91. The smallest absolute Gasteiger partial charge is 0.0640 e. The van der Waals surface area contributed by atoms with Crippen molar-refractivity contribution >= 4 is 91.7 Å². The average molecular weight is 704 g/mol. The van der Waals surface area contributed by atoms with Gasteiger partial charge in [0.05, 0.1) is 10.4 Å². The maximum atomic E-state index is 2.43. The molecule has 54 heavy (non-hydrogen) atoms. The van der Waals surface area contributed by atoms with E-state index in [1.807, 2.05) is 11.3 Å². The van der Waals surface area contributed by atoms with Crippen LogP contribution in [0.2, 0.25) is 0 Å². The topological polar surface area (TPSA) is 3.24 Å². The molecule has 1 aromatic heterocycles. The fourth-order valence-corrected chi connectivity index (χ4v) is 9.70. The van der Waals surface area contributed by atoms with Gasteiger partial charge in [0, 0.05) is 26.8 Å². The van der Waals surface area contributed by atoms with Gasteiger partial charge in [0.2, 0.25) is 0 Å². The van der Waals surface area contributed by atoms with E-state index in [4.69, 9.17) is 0 Å². The molecule has 11 aromatic rings. The standard InChI is InChI=1S/C52H33NS/c1-3-14-40-34(11-1)13-9-19-41(40)36-23-28-38(29-24-36)53(50-21-10-20-47-46-18-7-8-22-51(46)54-52(47)50)39-30-25-37(26-31-39)48-33-49-42-15-4-2-12-35(42)27-32-45(49)43-16-5-6-17-44(43)48/h1-33H. The van der Waals surface area contributed by atoms with Crippen LogP contribution in [0, 0.1) is 0 Å². The van der Waals surface area contributed by atoms with Crippen molar-refractivity contribution in [2.24, 2.45) is 0 Å². The quantitative estimate of drug-likeness (QED) is 0.161. The first-order chi connectivity index (χ1) is 26.8. The Kier molecular flexibility index (Phi) is 7.11. The summed E-state index contributed by atoms with van der Waals surface area (Å²) in [7, 11) is 0. The molecule has 0 fully saturated rings. The first-order valence-electron chi connectivity index (χ1n) is 18.5. The lowest BCUT2D eigenvalue weighted by Crippen LogP contribution is -2.10. The third kappa shape index (κ3) is 4.92. The summed E-state index contributed by atoms with van der Waals surface area (Å²) in [5.74, 6) is 0. The van der Waals surface area contributed by atoms with E-state index in [1.54, 1.807) is 0 Å². The molecular weight excluding hydrogens is 671 g/mol. The molecular formula is C52H33NS. The fraction of sp³-hybridized carbons (Fsp3) is 0. The monoisotopic (exact) mass is 703 g/mol. The summed E-state index contributed by atoms with van der Waals surface area (Å²) in [6.07, 6.45) is 0. The van der Waals surface area contributed by atoms with Gasteiger partial charge >= 0.3 is 0 Å². The van der Waals surface area contributed by atoms with Crippen LogP contribution >= 0.6 is 11.3 Å². The van der Waals surface area contributed by atoms with Gasteiger partial charge in [0.15, 0.2) is 0 Å². The predicted molar refractivity (Wildman–Crippen MR) is 235 cm³/mol. The minimum Gasteiger partial charge on any atom is -0.309 e. The first kappa shape index (κ1) is 30.8. The van der Waals surface area contributed by atoms with Crippen molar-refractivity contribution in [1.29, 1.82) is 0 Å². The third-order valence-electron chi connectivity index (χ3n) is 11.1. The zero-order chi connectivity index (χ0) is 35.6. The largest absolute Gasteiger partial charge is 0.309 e. The highest BCUT2D eigenvalue weighted by atomic mass is 32.1. The second-order valence-electron chi connectivity index (χ2n) is 14.1. The first-order valence-corrected chi connectivity index (χ1v) is 19.3. The van der Waals surface area contributed by atoms with Crippen molar-refractivity contribution in [3.8, 4) is 22.3 Å². The Morgan fingerprint density at radius 3 is 1.61 bits per heavy atom. The fourth-order valence-electron chi connectivity index (χ4n) is 8.49. The Morgan fingerprint density at radius 2 is 0.852 bits per heavy atom. The molecule has 252 valence electrons. The van der Waals surface area contributed by atoms with Crippen LogP contribution in [0.25, 0.3) is 85.5 Å². The molecule has 0 amide bonds. The van der Waals surface area contributed by atoms with Gasteiger partial charge in [0.1, 0.15) is 0 Å². The molecule has 0 atom stereocenters. The Morgan fingerprint density at radius 1 is 0.315 bits per heavy atom. The predicted octanol–water partition coefficient (Wildman–Crippen LogP) is 15.5. The molecule has 0 unspecified atom stereocenters. The molecule has 1 heterocycles. The molecule has 11 rings (SSSR count). The number of hydrogen-bond acceptors (Lipinski definition) is 2. The summed E-state index contributed by atoms with van der Waals surface area (Å²) in [6, 6.07) is 73.5. The Labute approximate surface area is 317 Å². The van der Waals surface area contributed by atoms with Gasteiger partial charge in [-0.2, -0.15) is 0 Å². The SMILES string of the molecule is c1ccc2c(-c3ccc(N(c4ccc(-c5cc6c7ccccc7ccc6c6ccccc56)cc4)c4cccc5c4sc4ccccc45)cc3)cccc2c1. The number of rotatable bonds is 5. The van der Waals surface area contributed by atoms with E-state index in [1.165, 1.54) is 91.2 Å². The van der Waals surface area contributed by atoms with E-state index < -0.39 is 0 Å². The molecule has 10 aromatic carbocycles. The van der Waals surface area contributed by atoms with Crippen molar-refractivity contribution in [2.75, 3.05) is 4.90 Å². The minimum absolute atomic E-state index is 1.12. The van der Waals surface area contributed by atoms with Crippen LogP contribution < -0.4 is 4.90 Å². The van der Waals surface area contributed by atoms with Gasteiger partial charge in [-0.25, -0.2) is 0 Å². The van der Waals surface area contributed by atoms with Crippen molar-refractivity contribution in [1.82, 2.24) is 0 Å². The van der Waals surface area contributed by atoms with E-state index >= 15 is 0 Å². The van der Waals surface area contributed by atoms with E-state index in [-0.39, 0.29) is 0 Å². The maximum absolute atomic E-state index is 2.43. The highest BCUT2D eigenvalue weighted by Crippen LogP contribution is 2.46. The summed E-state index contributed by atoms with van der Waals surface area (Å²) >= 11 is 1.87. The molecule has 0 aliphatic rings. The summed E-state index contributed by atoms with van der Waals surface area (Å²) in [5, 5.41) is 12.8. The number of hydrogen-bond donors (Lipinski definition) is 0. The molecule has 2 heteroatoms. The Bertz CT molecular complexity index is 3200. The normalized spacial score (nSPS) is 11.7. The van der Waals surface area contributed by atoms with Gasteiger partial charge < -0.3 is 4.90 Å². The molecule has 1 nitrogen and oxygen atoms in total. The third-order valence-corrected chi connectivity index (χ3v) is 12.3. The molecule has 0 aliphatic carbocycles. The summed E-state index contributed by atoms with van der Waals surface area (Å²) in [4.78, 5) is 2.43. The Hall–Kier alpha value is -6.74.